The van der Waals surface area contributed by atoms with Crippen LogP contribution >= 0.6 is 11.6 Å². The van der Waals surface area contributed by atoms with Crippen LogP contribution in [0.1, 0.15) is 17.0 Å². The molecule has 0 radical (unpaired) electrons. The number of carbonyl (C=O) groups is 2. The van der Waals surface area contributed by atoms with Gasteiger partial charge in [0.15, 0.2) is 0 Å². The van der Waals surface area contributed by atoms with Gasteiger partial charge in [-0.15, -0.1) is 0 Å². The second-order valence-electron chi connectivity index (χ2n) is 7.07. The predicted octanol–water partition coefficient (Wildman–Crippen LogP) is 3.97. The fourth-order valence-corrected chi connectivity index (χ4v) is 3.72. The zero-order valence-electron chi connectivity index (χ0n) is 18.1. The van der Waals surface area contributed by atoms with Crippen molar-refractivity contribution >= 4 is 29.2 Å². The number of nitrogens with zero attached hydrogens (tertiary/aromatic N) is 2. The minimum absolute atomic E-state index is 0.0621. The maximum absolute atomic E-state index is 12.7. The lowest BCUT2D eigenvalue weighted by Crippen LogP contribution is -2.28. The molecule has 2 aromatic carbocycles. The maximum atomic E-state index is 12.7. The largest absolute Gasteiger partial charge is 0.497 e. The van der Waals surface area contributed by atoms with Crippen molar-refractivity contribution in [3.63, 3.8) is 0 Å². The lowest BCUT2D eigenvalue weighted by Gasteiger charge is -2.30. The summed E-state index contributed by atoms with van der Waals surface area (Å²) in [6.45, 7) is 0.332. The molecular formula is C23H21ClN2O7. The monoisotopic (exact) mass is 472 g/mol. The van der Waals surface area contributed by atoms with E-state index >= 15 is 0 Å². The first kappa shape index (κ1) is 23.8. The summed E-state index contributed by atoms with van der Waals surface area (Å²) in [7, 11) is 4.00. The van der Waals surface area contributed by atoms with Crippen LogP contribution < -0.4 is 4.74 Å². The van der Waals surface area contributed by atoms with Crippen molar-refractivity contribution in [1.82, 2.24) is 4.90 Å². The van der Waals surface area contributed by atoms with Crippen molar-refractivity contribution in [2.24, 2.45) is 0 Å². The number of nitro groups is 1. The standard InChI is InChI=1S/C23H21ClN2O7/c1-31-16-7-4-14(5-8-16)11-25-12-17(22(27)32-2)21(18(13-25)23(28)33-3)15-6-9-19(24)20(10-15)26(29)30/h4-10,12-13,21H,11H2,1-3H3. The quantitative estimate of drug-likeness (QED) is 0.338. The first-order chi connectivity index (χ1) is 15.8. The van der Waals surface area contributed by atoms with Gasteiger partial charge in [0, 0.05) is 25.0 Å². The Kier molecular flexibility index (Phi) is 7.34. The highest BCUT2D eigenvalue weighted by molar-refractivity contribution is 6.32. The molecule has 0 atom stereocenters. The fraction of sp³-hybridized carbons (Fsp3) is 0.217. The summed E-state index contributed by atoms with van der Waals surface area (Å²) >= 11 is 5.95. The topological polar surface area (TPSA) is 108 Å². The summed E-state index contributed by atoms with van der Waals surface area (Å²) < 4.78 is 15.1. The van der Waals surface area contributed by atoms with E-state index in [2.05, 4.69) is 0 Å². The summed E-state index contributed by atoms with van der Waals surface area (Å²) in [5, 5.41) is 11.3. The molecule has 1 aliphatic rings. The van der Waals surface area contributed by atoms with Gasteiger partial charge >= 0.3 is 11.9 Å². The Morgan fingerprint density at radius 1 is 1.00 bits per heavy atom. The van der Waals surface area contributed by atoms with Gasteiger partial charge in [0.1, 0.15) is 10.8 Å². The van der Waals surface area contributed by atoms with Gasteiger partial charge in [-0.1, -0.05) is 29.8 Å². The van der Waals surface area contributed by atoms with Crippen molar-refractivity contribution in [3.05, 3.63) is 92.3 Å². The van der Waals surface area contributed by atoms with Crippen LogP contribution in [0.15, 0.2) is 66.0 Å². The van der Waals surface area contributed by atoms with E-state index in [1.807, 2.05) is 12.1 Å². The average molecular weight is 473 g/mol. The van der Waals surface area contributed by atoms with Crippen molar-refractivity contribution in [2.45, 2.75) is 12.5 Å². The van der Waals surface area contributed by atoms with E-state index in [0.29, 0.717) is 17.9 Å². The van der Waals surface area contributed by atoms with Crippen LogP contribution in [-0.2, 0) is 25.6 Å². The Labute approximate surface area is 194 Å². The fourth-order valence-electron chi connectivity index (χ4n) is 3.53. The third-order valence-electron chi connectivity index (χ3n) is 5.10. The van der Waals surface area contributed by atoms with Gasteiger partial charge in [-0.2, -0.15) is 0 Å². The SMILES string of the molecule is COC(=O)C1=CN(Cc2ccc(OC)cc2)C=C(C(=O)OC)C1c1ccc(Cl)c([N+](=O)[O-])c1. The van der Waals surface area contributed by atoms with Crippen LogP contribution in [0.4, 0.5) is 5.69 Å². The van der Waals surface area contributed by atoms with E-state index in [-0.39, 0.29) is 21.9 Å². The summed E-state index contributed by atoms with van der Waals surface area (Å²) in [4.78, 5) is 37.8. The van der Waals surface area contributed by atoms with Crippen LogP contribution in [0.3, 0.4) is 0 Å². The summed E-state index contributed by atoms with van der Waals surface area (Å²) in [6.07, 6.45) is 3.10. The smallest absolute Gasteiger partial charge is 0.336 e. The van der Waals surface area contributed by atoms with E-state index in [1.54, 1.807) is 36.5 Å². The molecule has 0 N–H and O–H groups in total. The molecule has 0 saturated carbocycles. The number of halogens is 1. The number of hydrogen-bond acceptors (Lipinski definition) is 8. The van der Waals surface area contributed by atoms with Crippen molar-refractivity contribution in [3.8, 4) is 5.75 Å². The third kappa shape index (κ3) is 5.15. The molecule has 0 aliphatic carbocycles. The van der Waals surface area contributed by atoms with Gasteiger partial charge < -0.3 is 19.1 Å². The summed E-state index contributed by atoms with van der Waals surface area (Å²) in [5.41, 5.74) is 1.10. The lowest BCUT2D eigenvalue weighted by molar-refractivity contribution is -0.384. The molecule has 0 bridgehead atoms. The van der Waals surface area contributed by atoms with Gasteiger partial charge in [-0.05, 0) is 29.3 Å². The summed E-state index contributed by atoms with van der Waals surface area (Å²) in [6, 6.07) is 11.4. The van der Waals surface area contributed by atoms with Gasteiger partial charge in [0.25, 0.3) is 5.69 Å². The van der Waals surface area contributed by atoms with Crippen LogP contribution in [0, 0.1) is 10.1 Å². The van der Waals surface area contributed by atoms with E-state index in [9.17, 15) is 19.7 Å². The Morgan fingerprint density at radius 3 is 2.06 bits per heavy atom. The molecule has 2 aromatic rings. The number of esters is 2. The van der Waals surface area contributed by atoms with Crippen LogP contribution in [-0.4, -0.2) is 43.1 Å². The van der Waals surface area contributed by atoms with Crippen LogP contribution in [0.5, 0.6) is 5.75 Å². The summed E-state index contributed by atoms with van der Waals surface area (Å²) in [5.74, 6) is -1.63. The van der Waals surface area contributed by atoms with Crippen molar-refractivity contribution in [2.75, 3.05) is 21.3 Å². The molecule has 0 saturated heterocycles. The highest BCUT2D eigenvalue weighted by Crippen LogP contribution is 2.40. The molecule has 0 fully saturated rings. The van der Waals surface area contributed by atoms with Gasteiger partial charge in [-0.3, -0.25) is 10.1 Å². The zero-order valence-corrected chi connectivity index (χ0v) is 18.9. The number of hydrogen-bond donors (Lipinski definition) is 0. The van der Waals surface area contributed by atoms with Gasteiger partial charge in [-0.25, -0.2) is 9.59 Å². The van der Waals surface area contributed by atoms with Gasteiger partial charge in [0.05, 0.1) is 43.3 Å². The Balaban J connectivity index is 2.09. The molecule has 0 unspecified atom stereocenters. The molecule has 3 rings (SSSR count). The molecule has 10 heteroatoms. The predicted molar refractivity (Wildman–Crippen MR) is 120 cm³/mol. The Bertz CT molecular complexity index is 1110. The number of rotatable bonds is 7. The second-order valence-corrected chi connectivity index (χ2v) is 7.48. The highest BCUT2D eigenvalue weighted by Gasteiger charge is 2.36. The van der Waals surface area contributed by atoms with E-state index in [1.165, 1.54) is 32.4 Å². The Hall–Kier alpha value is -3.85. The van der Waals surface area contributed by atoms with Crippen molar-refractivity contribution in [1.29, 1.82) is 0 Å². The molecule has 0 spiro atoms. The van der Waals surface area contributed by atoms with Crippen molar-refractivity contribution < 1.29 is 28.7 Å². The molecular weight excluding hydrogens is 452 g/mol. The highest BCUT2D eigenvalue weighted by atomic mass is 35.5. The molecule has 33 heavy (non-hydrogen) atoms. The molecule has 0 amide bonds. The van der Waals surface area contributed by atoms with E-state index in [0.717, 1.165) is 5.56 Å². The maximum Gasteiger partial charge on any atom is 0.336 e. The lowest BCUT2D eigenvalue weighted by atomic mass is 9.83. The Morgan fingerprint density at radius 2 is 1.58 bits per heavy atom. The number of nitro benzene ring substituents is 1. The molecule has 9 nitrogen and oxygen atoms in total. The second kappa shape index (κ2) is 10.2. The minimum atomic E-state index is -0.951. The zero-order chi connectivity index (χ0) is 24.1. The normalized spacial score (nSPS) is 13.6. The first-order valence-electron chi connectivity index (χ1n) is 9.71. The third-order valence-corrected chi connectivity index (χ3v) is 5.42. The molecule has 1 aliphatic heterocycles. The number of ether oxygens (including phenoxy) is 3. The number of carbonyl (C=O) groups excluding carboxylic acids is 2. The van der Waals surface area contributed by atoms with Gasteiger partial charge in [0.2, 0.25) is 0 Å². The van der Waals surface area contributed by atoms with E-state index < -0.39 is 22.8 Å². The number of methoxy groups -OCH3 is 3. The average Bonchev–Trinajstić information content (AvgIpc) is 2.83. The number of benzene rings is 2. The molecule has 1 heterocycles. The minimum Gasteiger partial charge on any atom is -0.497 e. The molecule has 172 valence electrons. The molecule has 0 aromatic heterocycles. The first-order valence-corrected chi connectivity index (χ1v) is 10.1. The van der Waals surface area contributed by atoms with Crippen LogP contribution in [0.25, 0.3) is 0 Å². The van der Waals surface area contributed by atoms with E-state index in [4.69, 9.17) is 25.8 Å². The van der Waals surface area contributed by atoms with Crippen LogP contribution in [0.2, 0.25) is 5.02 Å².